The van der Waals surface area contributed by atoms with Crippen molar-refractivity contribution in [3.63, 3.8) is 0 Å². The van der Waals surface area contributed by atoms with Gasteiger partial charge in [0.15, 0.2) is 0 Å². The molecule has 4 heterocycles. The van der Waals surface area contributed by atoms with Crippen LogP contribution in [0.3, 0.4) is 0 Å². The van der Waals surface area contributed by atoms with Crippen molar-refractivity contribution in [1.29, 1.82) is 0 Å². The van der Waals surface area contributed by atoms with Crippen molar-refractivity contribution < 1.29 is 13.2 Å². The van der Waals surface area contributed by atoms with E-state index in [0.29, 0.717) is 25.3 Å². The van der Waals surface area contributed by atoms with Gasteiger partial charge >= 0.3 is 0 Å². The number of fused-ring (bicyclic) bond motifs is 1. The number of H-pyrrole nitrogens is 1. The first kappa shape index (κ1) is 23.6. The topological polar surface area (TPSA) is 123 Å². The molecule has 0 bridgehead atoms. The molecule has 2 saturated heterocycles. The van der Waals surface area contributed by atoms with E-state index in [1.54, 1.807) is 34.9 Å². The number of benzene rings is 1. The summed E-state index contributed by atoms with van der Waals surface area (Å²) in [5.41, 5.74) is 1.25. The van der Waals surface area contributed by atoms with E-state index in [1.807, 2.05) is 12.3 Å². The molecule has 0 spiro atoms. The summed E-state index contributed by atoms with van der Waals surface area (Å²) in [5.74, 6) is 0.696. The van der Waals surface area contributed by atoms with Gasteiger partial charge in [0, 0.05) is 38.4 Å². The summed E-state index contributed by atoms with van der Waals surface area (Å²) in [7, 11) is -3.60. The first-order valence-corrected chi connectivity index (χ1v) is 13.6. The van der Waals surface area contributed by atoms with Crippen LogP contribution in [0.1, 0.15) is 32.1 Å². The lowest BCUT2D eigenvalue weighted by molar-refractivity contribution is -0.120. The molecule has 0 unspecified atom stereocenters. The molecule has 10 nitrogen and oxygen atoms in total. The fourth-order valence-corrected chi connectivity index (χ4v) is 6.62. The van der Waals surface area contributed by atoms with E-state index in [1.165, 1.54) is 0 Å². The van der Waals surface area contributed by atoms with Crippen LogP contribution in [0.15, 0.2) is 47.8 Å². The van der Waals surface area contributed by atoms with Crippen molar-refractivity contribution >= 4 is 38.5 Å². The van der Waals surface area contributed by atoms with Crippen LogP contribution in [0, 0.1) is 0 Å². The Hall–Kier alpha value is -3.18. The van der Waals surface area contributed by atoms with Gasteiger partial charge in [0.05, 0.1) is 17.6 Å². The Labute approximate surface area is 205 Å². The highest BCUT2D eigenvalue weighted by Gasteiger charge is 2.28. The van der Waals surface area contributed by atoms with Gasteiger partial charge in [0.25, 0.3) is 0 Å². The number of carbonyl (C=O) groups is 1. The molecular formula is C24H31N7O3S. The first-order valence-electron chi connectivity index (χ1n) is 12.2. The van der Waals surface area contributed by atoms with Crippen LogP contribution in [-0.2, 0) is 14.8 Å². The summed E-state index contributed by atoms with van der Waals surface area (Å²) < 4.78 is 27.9. The number of anilines is 2. The van der Waals surface area contributed by atoms with Gasteiger partial charge in [0.1, 0.15) is 22.7 Å². The van der Waals surface area contributed by atoms with Crippen molar-refractivity contribution in [2.75, 3.05) is 42.9 Å². The van der Waals surface area contributed by atoms with Crippen LogP contribution < -0.4 is 15.5 Å². The second-order valence-electron chi connectivity index (χ2n) is 9.10. The Morgan fingerprint density at radius 1 is 1.06 bits per heavy atom. The lowest BCUT2D eigenvalue weighted by Crippen LogP contribution is -2.49. The fourth-order valence-electron chi connectivity index (χ4n) is 4.93. The van der Waals surface area contributed by atoms with Gasteiger partial charge in [-0.2, -0.15) is 4.31 Å². The predicted molar refractivity (Wildman–Crippen MR) is 135 cm³/mol. The van der Waals surface area contributed by atoms with Crippen LogP contribution in [0.5, 0.6) is 0 Å². The molecule has 0 aliphatic carbocycles. The second kappa shape index (κ2) is 10.2. The Morgan fingerprint density at radius 3 is 2.74 bits per heavy atom. The highest BCUT2D eigenvalue weighted by Crippen LogP contribution is 2.27. The number of piperidine rings is 2. The van der Waals surface area contributed by atoms with Crippen LogP contribution in [0.4, 0.5) is 11.5 Å². The number of nitrogens with zero attached hydrogens (tertiary/aromatic N) is 4. The standard InChI is InChI=1S/C24H31N7O3S/c32-22(15-26-20-8-2-3-9-21(20)35(33,34)31-13-4-1-5-14-31)29-18-7-6-12-30(16-18)24-19-10-11-25-23(19)27-17-28-24/h2-3,8-11,17-18,26H,1,4-7,12-16H2,(H,29,32)(H,25,27,28)/t18-/m1/s1. The SMILES string of the molecule is O=C(CNc1ccccc1S(=O)(=O)N1CCCCC1)N[C@@H]1CCCN(c2ncnc3[nH]ccc23)C1. The van der Waals surface area contributed by atoms with Gasteiger partial charge in [-0.05, 0) is 43.9 Å². The van der Waals surface area contributed by atoms with Gasteiger partial charge in [-0.3, -0.25) is 4.79 Å². The summed E-state index contributed by atoms with van der Waals surface area (Å²) in [4.78, 5) is 27.0. The number of para-hydroxylation sites is 1. The van der Waals surface area contributed by atoms with Crippen molar-refractivity contribution in [2.24, 2.45) is 0 Å². The van der Waals surface area contributed by atoms with E-state index in [-0.39, 0.29) is 23.4 Å². The molecule has 3 aromatic rings. The average molecular weight is 498 g/mol. The van der Waals surface area contributed by atoms with E-state index in [2.05, 4.69) is 30.5 Å². The summed E-state index contributed by atoms with van der Waals surface area (Å²) in [5, 5.41) is 7.12. The number of carbonyl (C=O) groups excluding carboxylic acids is 1. The molecule has 0 saturated carbocycles. The first-order chi connectivity index (χ1) is 17.0. The number of sulfonamides is 1. The lowest BCUT2D eigenvalue weighted by atomic mass is 10.1. The van der Waals surface area contributed by atoms with E-state index in [0.717, 1.165) is 55.5 Å². The summed E-state index contributed by atoms with van der Waals surface area (Å²) in [6.45, 7) is 2.60. The molecule has 5 rings (SSSR count). The molecule has 35 heavy (non-hydrogen) atoms. The summed E-state index contributed by atoms with van der Waals surface area (Å²) in [6, 6.07) is 8.75. The summed E-state index contributed by atoms with van der Waals surface area (Å²) >= 11 is 0. The number of aromatic nitrogens is 3. The summed E-state index contributed by atoms with van der Waals surface area (Å²) in [6.07, 6.45) is 8.02. The molecule has 1 aromatic carbocycles. The van der Waals surface area contributed by atoms with Crippen molar-refractivity contribution in [3.05, 3.63) is 42.9 Å². The van der Waals surface area contributed by atoms with E-state index in [9.17, 15) is 13.2 Å². The normalized spacial score (nSPS) is 19.5. The van der Waals surface area contributed by atoms with E-state index >= 15 is 0 Å². The molecule has 0 radical (unpaired) electrons. The average Bonchev–Trinajstić information content (AvgIpc) is 3.37. The maximum Gasteiger partial charge on any atom is 0.245 e. The largest absolute Gasteiger partial charge is 0.375 e. The molecule has 1 atom stereocenters. The number of aromatic amines is 1. The Bertz CT molecular complexity index is 1290. The number of rotatable bonds is 7. The third-order valence-electron chi connectivity index (χ3n) is 6.68. The van der Waals surface area contributed by atoms with Crippen molar-refractivity contribution in [1.82, 2.24) is 24.6 Å². The molecule has 186 valence electrons. The predicted octanol–water partition coefficient (Wildman–Crippen LogP) is 2.33. The van der Waals surface area contributed by atoms with Crippen LogP contribution in [0.25, 0.3) is 11.0 Å². The number of hydrogen-bond donors (Lipinski definition) is 3. The zero-order valence-electron chi connectivity index (χ0n) is 19.6. The van der Waals surface area contributed by atoms with Gasteiger partial charge in [-0.1, -0.05) is 18.6 Å². The lowest BCUT2D eigenvalue weighted by Gasteiger charge is -2.34. The minimum atomic E-state index is -3.60. The Balaban J connectivity index is 1.21. The third-order valence-corrected chi connectivity index (χ3v) is 8.64. The molecule has 1 amide bonds. The monoisotopic (exact) mass is 497 g/mol. The van der Waals surface area contributed by atoms with E-state index in [4.69, 9.17) is 0 Å². The van der Waals surface area contributed by atoms with Crippen LogP contribution in [0.2, 0.25) is 0 Å². The number of hydrogen-bond acceptors (Lipinski definition) is 7. The molecule has 2 aliphatic heterocycles. The molecule has 2 aliphatic rings. The van der Waals surface area contributed by atoms with Crippen molar-refractivity contribution in [2.45, 2.75) is 43.0 Å². The minimum absolute atomic E-state index is 0.00139. The molecule has 2 aromatic heterocycles. The molecule has 2 fully saturated rings. The van der Waals surface area contributed by atoms with Crippen LogP contribution >= 0.6 is 0 Å². The maximum absolute atomic E-state index is 13.2. The number of amides is 1. The zero-order chi connectivity index (χ0) is 24.3. The molecule has 3 N–H and O–H groups in total. The van der Waals surface area contributed by atoms with Gasteiger partial charge in [0.2, 0.25) is 15.9 Å². The quantitative estimate of drug-likeness (QED) is 0.458. The van der Waals surface area contributed by atoms with E-state index < -0.39 is 10.0 Å². The zero-order valence-corrected chi connectivity index (χ0v) is 20.4. The highest BCUT2D eigenvalue weighted by molar-refractivity contribution is 7.89. The maximum atomic E-state index is 13.2. The molecule has 11 heteroatoms. The fraction of sp³-hybridized carbons (Fsp3) is 0.458. The minimum Gasteiger partial charge on any atom is -0.375 e. The Kier molecular flexibility index (Phi) is 6.87. The third kappa shape index (κ3) is 5.10. The molecular weight excluding hydrogens is 466 g/mol. The van der Waals surface area contributed by atoms with Gasteiger partial charge in [-0.25, -0.2) is 18.4 Å². The Morgan fingerprint density at radius 2 is 1.89 bits per heavy atom. The second-order valence-corrected chi connectivity index (χ2v) is 11.0. The highest BCUT2D eigenvalue weighted by atomic mass is 32.2. The van der Waals surface area contributed by atoms with Gasteiger partial charge < -0.3 is 20.5 Å². The van der Waals surface area contributed by atoms with Gasteiger partial charge in [-0.15, -0.1) is 0 Å². The smallest absolute Gasteiger partial charge is 0.245 e. The number of nitrogens with one attached hydrogen (secondary N) is 3. The van der Waals surface area contributed by atoms with Crippen LogP contribution in [-0.4, -0.2) is 72.3 Å². The van der Waals surface area contributed by atoms with Crippen molar-refractivity contribution in [3.8, 4) is 0 Å².